The second-order valence-corrected chi connectivity index (χ2v) is 3.16. The van der Waals surface area contributed by atoms with Gasteiger partial charge in [0.25, 0.3) is 0 Å². The van der Waals surface area contributed by atoms with Crippen molar-refractivity contribution < 1.29 is 4.79 Å². The highest BCUT2D eigenvalue weighted by Gasteiger charge is 2.05. The molecule has 0 fully saturated rings. The number of aryl methyl sites for hydroxylation is 1. The van der Waals surface area contributed by atoms with Crippen molar-refractivity contribution in [1.82, 2.24) is 5.32 Å². The Morgan fingerprint density at radius 2 is 2.00 bits per heavy atom. The molecule has 0 heterocycles. The molecule has 70 valence electrons. The van der Waals surface area contributed by atoms with Gasteiger partial charge in [0.15, 0.2) is 0 Å². The lowest BCUT2D eigenvalue weighted by atomic mass is 10.0. The quantitative estimate of drug-likeness (QED) is 0.702. The molecule has 0 saturated heterocycles. The molecule has 1 aromatic rings. The van der Waals surface area contributed by atoms with Gasteiger partial charge in [-0.1, -0.05) is 36.8 Å². The number of nitrogens with one attached hydrogen (secondary N) is 1. The largest absolute Gasteiger partial charge is 0.352 e. The maximum atomic E-state index is 10.3. The number of benzene rings is 1. The molecule has 1 atom stereocenters. The van der Waals surface area contributed by atoms with Gasteiger partial charge in [0, 0.05) is 0 Å². The minimum absolute atomic E-state index is 0.151. The average Bonchev–Trinajstić information content (AvgIpc) is 2.16. The summed E-state index contributed by atoms with van der Waals surface area (Å²) in [6, 6.07) is 8.38. The first kappa shape index (κ1) is 9.78. The Hall–Kier alpha value is -1.31. The first-order valence-electron chi connectivity index (χ1n) is 4.54. The predicted octanol–water partition coefficient (Wildman–Crippen LogP) is 2.19. The van der Waals surface area contributed by atoms with Gasteiger partial charge < -0.3 is 5.32 Å². The van der Waals surface area contributed by atoms with E-state index in [4.69, 9.17) is 0 Å². The molecular weight excluding hydrogens is 162 g/mol. The molecule has 0 spiro atoms. The number of amides is 1. The highest BCUT2D eigenvalue weighted by atomic mass is 16.1. The third-order valence-electron chi connectivity index (χ3n) is 2.16. The van der Waals surface area contributed by atoms with Crippen LogP contribution in [0.25, 0.3) is 0 Å². The molecule has 1 unspecified atom stereocenters. The van der Waals surface area contributed by atoms with Crippen LogP contribution >= 0.6 is 0 Å². The lowest BCUT2D eigenvalue weighted by Gasteiger charge is -2.13. The molecule has 0 bridgehead atoms. The van der Waals surface area contributed by atoms with Gasteiger partial charge in [0.2, 0.25) is 6.41 Å². The SMILES string of the molecule is CCC(NC=O)c1ccc(C)cc1. The van der Waals surface area contributed by atoms with Crippen molar-refractivity contribution in [1.29, 1.82) is 0 Å². The van der Waals surface area contributed by atoms with E-state index in [9.17, 15) is 4.79 Å². The van der Waals surface area contributed by atoms with Crippen LogP contribution in [0.5, 0.6) is 0 Å². The number of carbonyl (C=O) groups is 1. The second kappa shape index (κ2) is 4.65. The van der Waals surface area contributed by atoms with E-state index in [0.717, 1.165) is 12.8 Å². The van der Waals surface area contributed by atoms with Crippen LogP contribution in [0.1, 0.15) is 30.5 Å². The lowest BCUT2D eigenvalue weighted by Crippen LogP contribution is -2.18. The second-order valence-electron chi connectivity index (χ2n) is 3.16. The summed E-state index contributed by atoms with van der Waals surface area (Å²) in [7, 11) is 0. The Kier molecular flexibility index (Phi) is 3.50. The molecule has 1 amide bonds. The topological polar surface area (TPSA) is 29.1 Å². The van der Waals surface area contributed by atoms with Gasteiger partial charge in [-0.3, -0.25) is 4.79 Å². The summed E-state index contributed by atoms with van der Waals surface area (Å²) >= 11 is 0. The minimum atomic E-state index is 0.151. The minimum Gasteiger partial charge on any atom is -0.352 e. The Labute approximate surface area is 79.0 Å². The van der Waals surface area contributed by atoms with E-state index < -0.39 is 0 Å². The summed E-state index contributed by atoms with van der Waals surface area (Å²) in [5.74, 6) is 0. The summed E-state index contributed by atoms with van der Waals surface area (Å²) in [6.45, 7) is 4.11. The van der Waals surface area contributed by atoms with Gasteiger partial charge in [-0.25, -0.2) is 0 Å². The maximum absolute atomic E-state index is 10.3. The van der Waals surface area contributed by atoms with Gasteiger partial charge in [-0.05, 0) is 18.9 Å². The number of hydrogen-bond donors (Lipinski definition) is 1. The first-order valence-corrected chi connectivity index (χ1v) is 4.54. The maximum Gasteiger partial charge on any atom is 0.207 e. The van der Waals surface area contributed by atoms with Crippen LogP contribution in [0.2, 0.25) is 0 Å². The molecule has 2 nitrogen and oxygen atoms in total. The normalized spacial score (nSPS) is 12.2. The van der Waals surface area contributed by atoms with Crippen LogP contribution in [0.3, 0.4) is 0 Å². The van der Waals surface area contributed by atoms with E-state index in [1.54, 1.807) is 0 Å². The summed E-state index contributed by atoms with van der Waals surface area (Å²) < 4.78 is 0. The molecule has 2 heteroatoms. The van der Waals surface area contributed by atoms with Crippen molar-refractivity contribution in [2.75, 3.05) is 0 Å². The first-order chi connectivity index (χ1) is 6.27. The lowest BCUT2D eigenvalue weighted by molar-refractivity contribution is -0.110. The van der Waals surface area contributed by atoms with Crippen LogP contribution < -0.4 is 5.32 Å². The third kappa shape index (κ3) is 2.58. The van der Waals surface area contributed by atoms with Crippen LogP contribution in [-0.4, -0.2) is 6.41 Å². The molecule has 0 aliphatic carbocycles. The smallest absolute Gasteiger partial charge is 0.207 e. The van der Waals surface area contributed by atoms with Gasteiger partial charge in [-0.2, -0.15) is 0 Å². The zero-order valence-electron chi connectivity index (χ0n) is 8.08. The van der Waals surface area contributed by atoms with Crippen LogP contribution in [0.4, 0.5) is 0 Å². The fourth-order valence-electron chi connectivity index (χ4n) is 1.33. The van der Waals surface area contributed by atoms with E-state index in [0.29, 0.717) is 0 Å². The zero-order chi connectivity index (χ0) is 9.68. The van der Waals surface area contributed by atoms with Gasteiger partial charge in [0.1, 0.15) is 0 Å². The number of hydrogen-bond acceptors (Lipinski definition) is 1. The molecule has 0 radical (unpaired) electrons. The van der Waals surface area contributed by atoms with E-state index in [-0.39, 0.29) is 6.04 Å². The molecule has 0 aliphatic rings. The molecular formula is C11H15NO. The summed E-state index contributed by atoms with van der Waals surface area (Å²) in [5, 5.41) is 2.79. The Morgan fingerprint density at radius 3 is 2.46 bits per heavy atom. The van der Waals surface area contributed by atoms with Crippen molar-refractivity contribution in [3.8, 4) is 0 Å². The Balaban J connectivity index is 2.78. The monoisotopic (exact) mass is 177 g/mol. The summed E-state index contributed by atoms with van der Waals surface area (Å²) in [5.41, 5.74) is 2.41. The van der Waals surface area contributed by atoms with E-state index in [1.807, 2.05) is 0 Å². The fraction of sp³-hybridized carbons (Fsp3) is 0.364. The van der Waals surface area contributed by atoms with Gasteiger partial charge in [-0.15, -0.1) is 0 Å². The molecule has 0 saturated carbocycles. The highest BCUT2D eigenvalue weighted by molar-refractivity contribution is 5.47. The molecule has 1 rings (SSSR count). The van der Waals surface area contributed by atoms with E-state index in [2.05, 4.69) is 43.4 Å². The van der Waals surface area contributed by atoms with Gasteiger partial charge in [0.05, 0.1) is 6.04 Å². The standard InChI is InChI=1S/C11H15NO/c1-3-11(12-8-13)10-6-4-9(2)5-7-10/h4-8,11H,3H2,1-2H3,(H,12,13). The molecule has 0 aliphatic heterocycles. The zero-order valence-corrected chi connectivity index (χ0v) is 8.08. The molecule has 1 aromatic carbocycles. The van der Waals surface area contributed by atoms with E-state index in [1.165, 1.54) is 11.1 Å². The summed E-state index contributed by atoms with van der Waals surface area (Å²) in [6.07, 6.45) is 1.68. The van der Waals surface area contributed by atoms with Crippen molar-refractivity contribution in [3.63, 3.8) is 0 Å². The van der Waals surface area contributed by atoms with Crippen molar-refractivity contribution in [2.24, 2.45) is 0 Å². The molecule has 13 heavy (non-hydrogen) atoms. The molecule has 1 N–H and O–H groups in total. The average molecular weight is 177 g/mol. The van der Waals surface area contributed by atoms with Crippen LogP contribution in [0.15, 0.2) is 24.3 Å². The summed E-state index contributed by atoms with van der Waals surface area (Å²) in [4.78, 5) is 10.3. The van der Waals surface area contributed by atoms with E-state index >= 15 is 0 Å². The van der Waals surface area contributed by atoms with Gasteiger partial charge >= 0.3 is 0 Å². The Bertz CT molecular complexity index is 266. The number of rotatable bonds is 4. The van der Waals surface area contributed by atoms with Crippen LogP contribution in [-0.2, 0) is 4.79 Å². The Morgan fingerprint density at radius 1 is 1.38 bits per heavy atom. The molecule has 0 aromatic heterocycles. The van der Waals surface area contributed by atoms with Crippen LogP contribution in [0, 0.1) is 6.92 Å². The number of carbonyl (C=O) groups excluding carboxylic acids is 1. The van der Waals surface area contributed by atoms with Crippen molar-refractivity contribution in [3.05, 3.63) is 35.4 Å². The third-order valence-corrected chi connectivity index (χ3v) is 2.16. The predicted molar refractivity (Wildman–Crippen MR) is 53.4 cm³/mol. The van der Waals surface area contributed by atoms with Crippen molar-refractivity contribution in [2.45, 2.75) is 26.3 Å². The van der Waals surface area contributed by atoms with Crippen molar-refractivity contribution >= 4 is 6.41 Å². The highest BCUT2D eigenvalue weighted by Crippen LogP contribution is 2.15. The fourth-order valence-corrected chi connectivity index (χ4v) is 1.33.